The van der Waals surface area contributed by atoms with E-state index >= 15 is 0 Å². The van der Waals surface area contributed by atoms with Crippen LogP contribution in [0.5, 0.6) is 0 Å². The molecule has 0 saturated carbocycles. The molecular weight excluding hydrogens is 263 g/mol. The quantitative estimate of drug-likeness (QED) is 0.892. The molecule has 0 aliphatic carbocycles. The van der Waals surface area contributed by atoms with Crippen LogP contribution in [0.1, 0.15) is 22.6 Å². The molecule has 0 heterocycles. The Bertz CT molecular complexity index is 568. The van der Waals surface area contributed by atoms with Crippen LogP contribution in [-0.2, 0) is 6.42 Å². The summed E-state index contributed by atoms with van der Waals surface area (Å²) in [5, 5.41) is 10.2. The van der Waals surface area contributed by atoms with Crippen LogP contribution in [0, 0.1) is 12.7 Å². The van der Waals surface area contributed by atoms with Crippen molar-refractivity contribution in [2.24, 2.45) is 0 Å². The van der Waals surface area contributed by atoms with Gasteiger partial charge in [0.25, 0.3) is 0 Å². The Morgan fingerprint density at radius 1 is 1.21 bits per heavy atom. The second-order valence-electron chi connectivity index (χ2n) is 4.71. The molecule has 3 heteroatoms. The maximum Gasteiger partial charge on any atom is 0.123 e. The average molecular weight is 279 g/mol. The highest BCUT2D eigenvalue weighted by molar-refractivity contribution is 6.30. The molecule has 1 nitrogen and oxygen atoms in total. The van der Waals surface area contributed by atoms with E-state index in [9.17, 15) is 9.50 Å². The highest BCUT2D eigenvalue weighted by atomic mass is 35.5. The molecule has 0 fully saturated rings. The van der Waals surface area contributed by atoms with Gasteiger partial charge in [0.15, 0.2) is 0 Å². The van der Waals surface area contributed by atoms with E-state index in [-0.39, 0.29) is 18.3 Å². The standard InChI is InChI=1S/C16H16ClFO/c1-11-5-6-16(18)9-13(11)7-14(10-19)12-3-2-4-15(17)8-12/h2-6,8-9,14,19H,7,10H2,1H3. The van der Waals surface area contributed by atoms with Gasteiger partial charge in [-0.3, -0.25) is 0 Å². The lowest BCUT2D eigenvalue weighted by Crippen LogP contribution is -2.09. The first kappa shape index (κ1) is 14.0. The summed E-state index contributed by atoms with van der Waals surface area (Å²) in [5.41, 5.74) is 2.92. The number of hydrogen-bond donors (Lipinski definition) is 1. The van der Waals surface area contributed by atoms with Crippen LogP contribution < -0.4 is 0 Å². The Hall–Kier alpha value is -1.38. The van der Waals surface area contributed by atoms with Gasteiger partial charge in [-0.15, -0.1) is 0 Å². The van der Waals surface area contributed by atoms with Crippen molar-refractivity contribution < 1.29 is 9.50 Å². The third kappa shape index (κ3) is 3.55. The fraction of sp³-hybridized carbons (Fsp3) is 0.250. The third-order valence-corrected chi connectivity index (χ3v) is 3.55. The maximum atomic E-state index is 13.3. The van der Waals surface area contributed by atoms with Crippen molar-refractivity contribution in [2.75, 3.05) is 6.61 Å². The predicted octanol–water partition coefficient (Wildman–Crippen LogP) is 4.11. The van der Waals surface area contributed by atoms with Gasteiger partial charge in [0.1, 0.15) is 5.82 Å². The van der Waals surface area contributed by atoms with E-state index in [2.05, 4.69) is 0 Å². The van der Waals surface area contributed by atoms with E-state index in [0.29, 0.717) is 11.4 Å². The molecule has 0 bridgehead atoms. The van der Waals surface area contributed by atoms with Gasteiger partial charge in [0.05, 0.1) is 6.61 Å². The minimum Gasteiger partial charge on any atom is -0.396 e. The largest absolute Gasteiger partial charge is 0.396 e. The lowest BCUT2D eigenvalue weighted by Gasteiger charge is -2.16. The summed E-state index contributed by atoms with van der Waals surface area (Å²) in [7, 11) is 0. The Morgan fingerprint density at radius 3 is 2.68 bits per heavy atom. The van der Waals surface area contributed by atoms with Crippen LogP contribution >= 0.6 is 11.6 Å². The second-order valence-corrected chi connectivity index (χ2v) is 5.15. The van der Waals surface area contributed by atoms with E-state index in [1.807, 2.05) is 25.1 Å². The molecule has 1 N–H and O–H groups in total. The van der Waals surface area contributed by atoms with Crippen molar-refractivity contribution in [3.8, 4) is 0 Å². The molecule has 0 saturated heterocycles. The van der Waals surface area contributed by atoms with Gasteiger partial charge in [0, 0.05) is 10.9 Å². The van der Waals surface area contributed by atoms with Crippen LogP contribution in [0.2, 0.25) is 5.02 Å². The summed E-state index contributed by atoms with van der Waals surface area (Å²) >= 11 is 5.96. The molecule has 0 radical (unpaired) electrons. The van der Waals surface area contributed by atoms with Crippen molar-refractivity contribution in [1.29, 1.82) is 0 Å². The monoisotopic (exact) mass is 278 g/mol. The van der Waals surface area contributed by atoms with E-state index in [0.717, 1.165) is 16.7 Å². The number of hydrogen-bond acceptors (Lipinski definition) is 1. The van der Waals surface area contributed by atoms with Crippen molar-refractivity contribution in [1.82, 2.24) is 0 Å². The minimum atomic E-state index is -0.247. The fourth-order valence-corrected chi connectivity index (χ4v) is 2.37. The van der Waals surface area contributed by atoms with Gasteiger partial charge in [-0.25, -0.2) is 4.39 Å². The number of aliphatic hydroxyl groups excluding tert-OH is 1. The zero-order valence-electron chi connectivity index (χ0n) is 10.7. The third-order valence-electron chi connectivity index (χ3n) is 3.32. The SMILES string of the molecule is Cc1ccc(F)cc1CC(CO)c1cccc(Cl)c1. The number of rotatable bonds is 4. The second kappa shape index (κ2) is 6.18. The molecule has 2 rings (SSSR count). The van der Waals surface area contributed by atoms with Crippen LogP contribution in [0.3, 0.4) is 0 Å². The van der Waals surface area contributed by atoms with Gasteiger partial charge in [-0.2, -0.15) is 0 Å². The van der Waals surface area contributed by atoms with Crippen LogP contribution in [0.4, 0.5) is 4.39 Å². The van der Waals surface area contributed by atoms with Gasteiger partial charge < -0.3 is 5.11 Å². The Morgan fingerprint density at radius 2 is 2.00 bits per heavy atom. The number of aryl methyl sites for hydroxylation is 1. The van der Waals surface area contributed by atoms with Crippen LogP contribution in [0.25, 0.3) is 0 Å². The topological polar surface area (TPSA) is 20.2 Å². The lowest BCUT2D eigenvalue weighted by molar-refractivity contribution is 0.264. The van der Waals surface area contributed by atoms with E-state index in [1.165, 1.54) is 12.1 Å². The molecule has 0 aliphatic heterocycles. The smallest absolute Gasteiger partial charge is 0.123 e. The molecule has 0 aromatic heterocycles. The van der Waals surface area contributed by atoms with Crippen molar-refractivity contribution in [3.05, 3.63) is 70.0 Å². The zero-order chi connectivity index (χ0) is 13.8. The molecule has 0 aliphatic rings. The minimum absolute atomic E-state index is 0.0102. The molecule has 19 heavy (non-hydrogen) atoms. The molecule has 0 spiro atoms. The molecule has 100 valence electrons. The van der Waals surface area contributed by atoms with Crippen LogP contribution in [0.15, 0.2) is 42.5 Å². The molecule has 0 amide bonds. The van der Waals surface area contributed by atoms with Crippen molar-refractivity contribution in [3.63, 3.8) is 0 Å². The summed E-state index contributed by atoms with van der Waals surface area (Å²) in [4.78, 5) is 0. The van der Waals surface area contributed by atoms with Crippen molar-refractivity contribution in [2.45, 2.75) is 19.3 Å². The molecule has 1 unspecified atom stereocenters. The zero-order valence-corrected chi connectivity index (χ0v) is 11.5. The van der Waals surface area contributed by atoms with Crippen LogP contribution in [-0.4, -0.2) is 11.7 Å². The number of aliphatic hydroxyl groups is 1. The first-order valence-electron chi connectivity index (χ1n) is 6.21. The maximum absolute atomic E-state index is 13.3. The summed E-state index contributed by atoms with van der Waals surface area (Å²) in [6.07, 6.45) is 0.598. The van der Waals surface area contributed by atoms with Crippen molar-refractivity contribution >= 4 is 11.6 Å². The summed E-state index contributed by atoms with van der Waals surface area (Å²) < 4.78 is 13.3. The normalized spacial score (nSPS) is 12.4. The summed E-state index contributed by atoms with van der Waals surface area (Å²) in [6.45, 7) is 1.96. The first-order chi connectivity index (χ1) is 9.10. The highest BCUT2D eigenvalue weighted by Gasteiger charge is 2.13. The van der Waals surface area contributed by atoms with E-state index in [1.54, 1.807) is 12.1 Å². The number of halogens is 2. The molecule has 2 aromatic carbocycles. The van der Waals surface area contributed by atoms with Gasteiger partial charge >= 0.3 is 0 Å². The highest BCUT2D eigenvalue weighted by Crippen LogP contribution is 2.25. The van der Waals surface area contributed by atoms with Gasteiger partial charge in [0.2, 0.25) is 0 Å². The average Bonchev–Trinajstić information content (AvgIpc) is 2.39. The molecular formula is C16H16ClFO. The Balaban J connectivity index is 2.26. The van der Waals surface area contributed by atoms with Gasteiger partial charge in [-0.1, -0.05) is 29.8 Å². The Kier molecular flexibility index (Phi) is 4.56. The summed E-state index contributed by atoms with van der Waals surface area (Å²) in [6, 6.07) is 12.2. The fourth-order valence-electron chi connectivity index (χ4n) is 2.17. The molecule has 2 aromatic rings. The Labute approximate surface area is 117 Å². The number of benzene rings is 2. The summed E-state index contributed by atoms with van der Waals surface area (Å²) in [5.74, 6) is -0.317. The first-order valence-corrected chi connectivity index (χ1v) is 6.59. The molecule has 1 atom stereocenters. The van der Waals surface area contributed by atoms with E-state index in [4.69, 9.17) is 11.6 Å². The van der Waals surface area contributed by atoms with E-state index < -0.39 is 0 Å². The predicted molar refractivity (Wildman–Crippen MR) is 76.1 cm³/mol. The lowest BCUT2D eigenvalue weighted by atomic mass is 9.91. The van der Waals surface area contributed by atoms with Gasteiger partial charge in [-0.05, 0) is 54.3 Å².